The van der Waals surface area contributed by atoms with Gasteiger partial charge in [-0.25, -0.2) is 0 Å². The quantitative estimate of drug-likeness (QED) is 0.616. The summed E-state index contributed by atoms with van der Waals surface area (Å²) >= 11 is 0. The molecule has 1 aliphatic heterocycles. The number of hydrogen-bond acceptors (Lipinski definition) is 2. The average molecular weight is 147 g/mol. The normalized spacial score (nSPS) is 14.8. The fourth-order valence-electron chi connectivity index (χ4n) is 1.56. The number of carbonyl (C=O) groups is 1. The van der Waals surface area contributed by atoms with Crippen LogP contribution in [0.1, 0.15) is 15.9 Å². The lowest BCUT2D eigenvalue weighted by molar-refractivity contribution is 0.103. The maximum Gasteiger partial charge on any atom is 0.259 e. The van der Waals surface area contributed by atoms with Crippen LogP contribution in [0.25, 0.3) is 11.2 Å². The highest BCUT2D eigenvalue weighted by atomic mass is 16.3. The average Bonchev–Trinajstić information content (AvgIpc) is 2.53. The van der Waals surface area contributed by atoms with Crippen molar-refractivity contribution in [2.24, 2.45) is 0 Å². The van der Waals surface area contributed by atoms with E-state index in [-0.39, 0.29) is 5.91 Å². The third-order valence-corrected chi connectivity index (χ3v) is 2.19. The molecule has 3 rings (SSSR count). The standard InChI is InChI=1S/C8H5NO2/c1-3-5-2-4-7(11-5)6(3)9-8(4)10/h2H,1H3,(H,9,10). The van der Waals surface area contributed by atoms with Crippen LogP contribution in [-0.2, 0) is 0 Å². The minimum atomic E-state index is -0.0400. The maximum absolute atomic E-state index is 11.1. The summed E-state index contributed by atoms with van der Waals surface area (Å²) in [7, 11) is 0. The Morgan fingerprint density at radius 1 is 1.55 bits per heavy atom. The molecule has 0 radical (unpaired) electrons. The smallest absolute Gasteiger partial charge is 0.259 e. The highest BCUT2D eigenvalue weighted by molar-refractivity contribution is 6.21. The molecule has 2 aromatic heterocycles. The predicted octanol–water partition coefficient (Wildman–Crippen LogP) is 1.74. The Bertz CT molecular complexity index is 455. The van der Waals surface area contributed by atoms with Gasteiger partial charge >= 0.3 is 0 Å². The number of benzene rings is 1. The van der Waals surface area contributed by atoms with Crippen molar-refractivity contribution in [3.63, 3.8) is 0 Å². The molecular formula is C8H5NO2. The number of aryl methyl sites for hydroxylation is 1. The summed E-state index contributed by atoms with van der Waals surface area (Å²) in [4.78, 5) is 11.1. The van der Waals surface area contributed by atoms with Gasteiger partial charge in [-0.3, -0.25) is 4.79 Å². The van der Waals surface area contributed by atoms with Gasteiger partial charge in [0.05, 0.1) is 11.3 Å². The third kappa shape index (κ3) is 0.385. The van der Waals surface area contributed by atoms with E-state index in [0.29, 0.717) is 5.56 Å². The van der Waals surface area contributed by atoms with Crippen molar-refractivity contribution in [1.29, 1.82) is 0 Å². The molecule has 3 heteroatoms. The lowest BCUT2D eigenvalue weighted by Gasteiger charge is -1.89. The Balaban J connectivity index is 2.60. The number of furan rings is 2. The second-order valence-electron chi connectivity index (χ2n) is 2.81. The zero-order valence-corrected chi connectivity index (χ0v) is 5.89. The molecule has 1 N–H and O–H groups in total. The van der Waals surface area contributed by atoms with Crippen molar-refractivity contribution in [2.45, 2.75) is 6.92 Å². The van der Waals surface area contributed by atoms with Gasteiger partial charge < -0.3 is 9.73 Å². The van der Waals surface area contributed by atoms with E-state index >= 15 is 0 Å². The summed E-state index contributed by atoms with van der Waals surface area (Å²) in [5.41, 5.74) is 4.13. The van der Waals surface area contributed by atoms with Crippen LogP contribution >= 0.6 is 0 Å². The first-order valence-corrected chi connectivity index (χ1v) is 3.44. The van der Waals surface area contributed by atoms with Crippen molar-refractivity contribution in [3.8, 4) is 0 Å². The van der Waals surface area contributed by atoms with E-state index in [1.54, 1.807) is 6.07 Å². The summed E-state index contributed by atoms with van der Waals surface area (Å²) in [5.74, 6) is -0.0400. The monoisotopic (exact) mass is 147 g/mol. The fourth-order valence-corrected chi connectivity index (χ4v) is 1.56. The van der Waals surface area contributed by atoms with E-state index in [2.05, 4.69) is 5.32 Å². The van der Waals surface area contributed by atoms with Crippen LogP contribution in [0.2, 0.25) is 0 Å². The molecule has 0 aromatic carbocycles. The number of amides is 1. The lowest BCUT2D eigenvalue weighted by Crippen LogP contribution is -2.02. The van der Waals surface area contributed by atoms with Crippen molar-refractivity contribution in [2.75, 3.05) is 5.32 Å². The Morgan fingerprint density at radius 3 is 3.00 bits per heavy atom. The highest BCUT2D eigenvalue weighted by Gasteiger charge is 2.29. The van der Waals surface area contributed by atoms with E-state index in [1.165, 1.54) is 0 Å². The van der Waals surface area contributed by atoms with Crippen molar-refractivity contribution >= 4 is 22.8 Å². The van der Waals surface area contributed by atoms with E-state index in [0.717, 1.165) is 22.4 Å². The molecule has 0 saturated heterocycles. The van der Waals surface area contributed by atoms with Crippen LogP contribution < -0.4 is 5.32 Å². The van der Waals surface area contributed by atoms with Gasteiger partial charge in [-0.2, -0.15) is 0 Å². The minimum Gasteiger partial charge on any atom is -0.454 e. The first-order valence-electron chi connectivity index (χ1n) is 3.44. The zero-order valence-electron chi connectivity index (χ0n) is 5.89. The molecule has 1 aliphatic rings. The van der Waals surface area contributed by atoms with Gasteiger partial charge in [-0.05, 0) is 13.0 Å². The second kappa shape index (κ2) is 1.25. The van der Waals surface area contributed by atoms with Crippen LogP contribution in [0.5, 0.6) is 0 Å². The van der Waals surface area contributed by atoms with Crippen LogP contribution in [0.4, 0.5) is 5.69 Å². The lowest BCUT2D eigenvalue weighted by atomic mass is 10.2. The fraction of sp³-hybridized carbons (Fsp3) is 0.125. The summed E-state index contributed by atoms with van der Waals surface area (Å²) in [6.07, 6.45) is 0. The number of fused-ring (bicyclic) bond motifs is 1. The van der Waals surface area contributed by atoms with Gasteiger partial charge in [0.1, 0.15) is 5.58 Å². The molecule has 0 unspecified atom stereocenters. The van der Waals surface area contributed by atoms with Crippen molar-refractivity contribution < 1.29 is 9.21 Å². The van der Waals surface area contributed by atoms with Crippen molar-refractivity contribution in [3.05, 3.63) is 17.2 Å². The van der Waals surface area contributed by atoms with Crippen molar-refractivity contribution in [1.82, 2.24) is 0 Å². The third-order valence-electron chi connectivity index (χ3n) is 2.19. The van der Waals surface area contributed by atoms with Crippen LogP contribution in [0, 0.1) is 6.92 Å². The molecule has 11 heavy (non-hydrogen) atoms. The SMILES string of the molecule is Cc1c2c3oc1cc3C(=O)N2. The molecular weight excluding hydrogens is 142 g/mol. The molecule has 2 bridgehead atoms. The van der Waals surface area contributed by atoms with Gasteiger partial charge in [0, 0.05) is 5.56 Å². The molecule has 0 fully saturated rings. The van der Waals surface area contributed by atoms with E-state index in [1.807, 2.05) is 6.92 Å². The number of anilines is 1. The van der Waals surface area contributed by atoms with Gasteiger partial charge in [0.25, 0.3) is 5.91 Å². The summed E-state index contributed by atoms with van der Waals surface area (Å²) in [5, 5.41) is 2.75. The Kier molecular flexibility index (Phi) is 0.591. The van der Waals surface area contributed by atoms with Crippen LogP contribution in [0.3, 0.4) is 0 Å². The number of rotatable bonds is 0. The predicted molar refractivity (Wildman–Crippen MR) is 40.1 cm³/mol. The Labute approximate surface area is 62.3 Å². The Morgan fingerprint density at radius 2 is 2.36 bits per heavy atom. The summed E-state index contributed by atoms with van der Waals surface area (Å²) in [6.45, 7) is 1.94. The first kappa shape index (κ1) is 5.18. The summed E-state index contributed by atoms with van der Waals surface area (Å²) in [6, 6.07) is 1.79. The number of carbonyl (C=O) groups excluding carboxylic acids is 1. The maximum atomic E-state index is 11.1. The Hall–Kier alpha value is -1.51. The molecule has 0 aliphatic carbocycles. The first-order chi connectivity index (χ1) is 5.27. The molecule has 0 saturated carbocycles. The minimum absolute atomic E-state index is 0.0400. The van der Waals surface area contributed by atoms with E-state index in [4.69, 9.17) is 4.42 Å². The van der Waals surface area contributed by atoms with Gasteiger partial charge in [0.2, 0.25) is 0 Å². The van der Waals surface area contributed by atoms with E-state index in [9.17, 15) is 4.79 Å². The van der Waals surface area contributed by atoms with Crippen LogP contribution in [-0.4, -0.2) is 5.91 Å². The molecule has 54 valence electrons. The molecule has 0 spiro atoms. The number of nitrogens with one attached hydrogen (secondary N) is 1. The molecule has 1 amide bonds. The van der Waals surface area contributed by atoms with Crippen LogP contribution in [0.15, 0.2) is 10.5 Å². The zero-order chi connectivity index (χ0) is 7.59. The van der Waals surface area contributed by atoms with Gasteiger partial charge in [0.15, 0.2) is 5.58 Å². The van der Waals surface area contributed by atoms with E-state index < -0.39 is 0 Å². The molecule has 0 atom stereocenters. The van der Waals surface area contributed by atoms with Gasteiger partial charge in [-0.15, -0.1) is 0 Å². The molecule has 3 nitrogen and oxygen atoms in total. The van der Waals surface area contributed by atoms with Gasteiger partial charge in [-0.1, -0.05) is 0 Å². The molecule has 2 aromatic rings. The molecule has 3 heterocycles. The highest BCUT2D eigenvalue weighted by Crippen LogP contribution is 2.40. The second-order valence-corrected chi connectivity index (χ2v) is 2.81. The summed E-state index contributed by atoms with van der Waals surface area (Å²) < 4.78 is 5.33. The topological polar surface area (TPSA) is 42.2 Å². The largest absolute Gasteiger partial charge is 0.454 e. The number of hydrogen-bond donors (Lipinski definition) is 1.